The highest BCUT2D eigenvalue weighted by Crippen LogP contribution is 2.46. The fourth-order valence-corrected chi connectivity index (χ4v) is 2.77. The van der Waals surface area contributed by atoms with Gasteiger partial charge in [0.05, 0.1) is 0 Å². The quantitative estimate of drug-likeness (QED) is 0.848. The smallest absolute Gasteiger partial charge is 0.221 e. The van der Waals surface area contributed by atoms with Crippen LogP contribution in [0, 0.1) is 18.8 Å². The van der Waals surface area contributed by atoms with E-state index in [0.29, 0.717) is 6.04 Å². The van der Waals surface area contributed by atoms with Gasteiger partial charge in [0.2, 0.25) is 5.91 Å². The Bertz CT molecular complexity index is 478. The number of aryl methyl sites for hydroxylation is 1. The molecule has 0 aromatic heterocycles. The number of carbonyl (C=O) groups is 1. The second-order valence-electron chi connectivity index (χ2n) is 6.06. The molecule has 0 unspecified atom stereocenters. The molecule has 3 rings (SSSR count). The number of hydrogen-bond donors (Lipinski definition) is 2. The Kier molecular flexibility index (Phi) is 3.21. The van der Waals surface area contributed by atoms with Crippen LogP contribution < -0.4 is 10.6 Å². The zero-order chi connectivity index (χ0) is 13.4. The molecule has 0 bridgehead atoms. The number of nitrogens with one attached hydrogen (secondary N) is 2. The lowest BCUT2D eigenvalue weighted by Gasteiger charge is -2.21. The Morgan fingerprint density at radius 2 is 1.84 bits per heavy atom. The molecular formula is C16H22N2O. The lowest BCUT2D eigenvalue weighted by atomic mass is 10.1. The number of hydrogen-bond acceptors (Lipinski definition) is 2. The summed E-state index contributed by atoms with van der Waals surface area (Å²) in [7, 11) is 0. The third-order valence-electron chi connectivity index (χ3n) is 4.14. The predicted molar refractivity (Wildman–Crippen MR) is 78.3 cm³/mol. The van der Waals surface area contributed by atoms with Crippen LogP contribution >= 0.6 is 0 Å². The van der Waals surface area contributed by atoms with E-state index in [-0.39, 0.29) is 5.91 Å². The Labute approximate surface area is 114 Å². The van der Waals surface area contributed by atoms with Crippen molar-refractivity contribution in [1.29, 1.82) is 0 Å². The molecule has 0 radical (unpaired) electrons. The van der Waals surface area contributed by atoms with E-state index in [1.54, 1.807) is 6.92 Å². The van der Waals surface area contributed by atoms with Crippen LogP contribution in [0.1, 0.15) is 38.2 Å². The summed E-state index contributed by atoms with van der Waals surface area (Å²) in [5.74, 6) is 1.73. The van der Waals surface area contributed by atoms with Gasteiger partial charge in [-0.25, -0.2) is 0 Å². The van der Waals surface area contributed by atoms with Gasteiger partial charge in [-0.05, 0) is 62.1 Å². The van der Waals surface area contributed by atoms with E-state index in [2.05, 4.69) is 29.7 Å². The van der Waals surface area contributed by atoms with Crippen LogP contribution in [-0.4, -0.2) is 11.9 Å². The van der Waals surface area contributed by atoms with Crippen molar-refractivity contribution < 1.29 is 4.79 Å². The molecule has 3 heteroatoms. The average Bonchev–Trinajstić information content (AvgIpc) is 3.23. The van der Waals surface area contributed by atoms with Crippen molar-refractivity contribution in [3.63, 3.8) is 0 Å². The molecule has 2 aliphatic carbocycles. The molecule has 2 fully saturated rings. The monoisotopic (exact) mass is 258 g/mol. The van der Waals surface area contributed by atoms with Crippen molar-refractivity contribution >= 4 is 17.3 Å². The van der Waals surface area contributed by atoms with Gasteiger partial charge in [0, 0.05) is 24.3 Å². The maximum Gasteiger partial charge on any atom is 0.221 e. The predicted octanol–water partition coefficient (Wildman–Crippen LogP) is 3.55. The summed E-state index contributed by atoms with van der Waals surface area (Å²) >= 11 is 0. The first-order valence-corrected chi connectivity index (χ1v) is 7.28. The van der Waals surface area contributed by atoms with Gasteiger partial charge in [-0.3, -0.25) is 4.79 Å². The summed E-state index contributed by atoms with van der Waals surface area (Å²) in [6.45, 7) is 3.67. The average molecular weight is 258 g/mol. The second-order valence-corrected chi connectivity index (χ2v) is 6.06. The third kappa shape index (κ3) is 3.09. The SMILES string of the molecule is CC(=O)Nc1ccc(C)c(NC(C2CC2)C2CC2)c1. The highest BCUT2D eigenvalue weighted by molar-refractivity contribution is 5.89. The Balaban J connectivity index is 1.76. The van der Waals surface area contributed by atoms with Crippen LogP contribution in [0.4, 0.5) is 11.4 Å². The van der Waals surface area contributed by atoms with Crippen LogP contribution in [0.5, 0.6) is 0 Å². The Morgan fingerprint density at radius 1 is 1.21 bits per heavy atom. The molecule has 102 valence electrons. The number of anilines is 2. The molecule has 2 N–H and O–H groups in total. The van der Waals surface area contributed by atoms with Gasteiger partial charge in [-0.2, -0.15) is 0 Å². The number of carbonyl (C=O) groups excluding carboxylic acids is 1. The Hall–Kier alpha value is -1.51. The largest absolute Gasteiger partial charge is 0.381 e. The summed E-state index contributed by atoms with van der Waals surface area (Å²) in [4.78, 5) is 11.1. The maximum absolute atomic E-state index is 11.1. The molecule has 3 nitrogen and oxygen atoms in total. The second kappa shape index (κ2) is 4.87. The van der Waals surface area contributed by atoms with Gasteiger partial charge < -0.3 is 10.6 Å². The van der Waals surface area contributed by atoms with Crippen molar-refractivity contribution in [2.75, 3.05) is 10.6 Å². The van der Waals surface area contributed by atoms with Gasteiger partial charge in [0.25, 0.3) is 0 Å². The van der Waals surface area contributed by atoms with E-state index >= 15 is 0 Å². The lowest BCUT2D eigenvalue weighted by molar-refractivity contribution is -0.114. The van der Waals surface area contributed by atoms with Crippen LogP contribution in [0.3, 0.4) is 0 Å². The van der Waals surface area contributed by atoms with Gasteiger partial charge in [0.1, 0.15) is 0 Å². The molecule has 2 saturated carbocycles. The molecule has 0 heterocycles. The van der Waals surface area contributed by atoms with E-state index in [0.717, 1.165) is 17.5 Å². The molecule has 2 aliphatic rings. The number of amides is 1. The fourth-order valence-electron chi connectivity index (χ4n) is 2.77. The summed E-state index contributed by atoms with van der Waals surface area (Å²) in [6, 6.07) is 6.75. The molecule has 0 atom stereocenters. The first-order chi connectivity index (χ1) is 9.13. The van der Waals surface area contributed by atoms with Crippen molar-refractivity contribution in [3.05, 3.63) is 23.8 Å². The number of benzene rings is 1. The minimum atomic E-state index is -0.0178. The van der Waals surface area contributed by atoms with Crippen molar-refractivity contribution in [3.8, 4) is 0 Å². The normalized spacial score (nSPS) is 18.5. The molecule has 0 spiro atoms. The van der Waals surface area contributed by atoms with Crippen LogP contribution in [-0.2, 0) is 4.79 Å². The maximum atomic E-state index is 11.1. The van der Waals surface area contributed by atoms with Gasteiger partial charge in [-0.15, -0.1) is 0 Å². The highest BCUT2D eigenvalue weighted by Gasteiger charge is 2.41. The van der Waals surface area contributed by atoms with E-state index in [4.69, 9.17) is 0 Å². The summed E-state index contributed by atoms with van der Waals surface area (Å²) in [5, 5.41) is 6.59. The molecule has 19 heavy (non-hydrogen) atoms. The topological polar surface area (TPSA) is 41.1 Å². The van der Waals surface area contributed by atoms with Crippen LogP contribution in [0.15, 0.2) is 18.2 Å². The standard InChI is InChI=1S/C16H22N2O/c1-10-3-8-14(17-11(2)19)9-15(10)18-16(12-4-5-12)13-6-7-13/h3,8-9,12-13,16,18H,4-7H2,1-2H3,(H,17,19). The Morgan fingerprint density at radius 3 is 2.37 bits per heavy atom. The van der Waals surface area contributed by atoms with Crippen LogP contribution in [0.2, 0.25) is 0 Å². The summed E-state index contributed by atoms with van der Waals surface area (Å²) < 4.78 is 0. The first kappa shape index (κ1) is 12.5. The summed E-state index contributed by atoms with van der Waals surface area (Å²) in [6.07, 6.45) is 5.49. The van der Waals surface area contributed by atoms with Gasteiger partial charge >= 0.3 is 0 Å². The zero-order valence-corrected chi connectivity index (χ0v) is 11.7. The third-order valence-corrected chi connectivity index (χ3v) is 4.14. The lowest BCUT2D eigenvalue weighted by Crippen LogP contribution is -2.24. The first-order valence-electron chi connectivity index (χ1n) is 7.28. The fraction of sp³-hybridized carbons (Fsp3) is 0.562. The minimum Gasteiger partial charge on any atom is -0.381 e. The molecule has 1 aromatic rings. The number of rotatable bonds is 5. The van der Waals surface area contributed by atoms with Gasteiger partial charge in [-0.1, -0.05) is 6.07 Å². The zero-order valence-electron chi connectivity index (χ0n) is 11.7. The van der Waals surface area contributed by atoms with E-state index < -0.39 is 0 Å². The van der Waals surface area contributed by atoms with E-state index in [9.17, 15) is 4.79 Å². The van der Waals surface area contributed by atoms with E-state index in [1.165, 1.54) is 36.9 Å². The van der Waals surface area contributed by atoms with E-state index in [1.807, 2.05) is 6.07 Å². The van der Waals surface area contributed by atoms with Gasteiger partial charge in [0.15, 0.2) is 0 Å². The molecule has 0 saturated heterocycles. The molecular weight excluding hydrogens is 236 g/mol. The molecule has 1 amide bonds. The summed E-state index contributed by atoms with van der Waals surface area (Å²) in [5.41, 5.74) is 3.31. The molecule has 0 aliphatic heterocycles. The van der Waals surface area contributed by atoms with Crippen LogP contribution in [0.25, 0.3) is 0 Å². The van der Waals surface area contributed by atoms with Crippen molar-refractivity contribution in [2.24, 2.45) is 11.8 Å². The minimum absolute atomic E-state index is 0.0178. The highest BCUT2D eigenvalue weighted by atomic mass is 16.1. The van der Waals surface area contributed by atoms with Crippen molar-refractivity contribution in [2.45, 2.75) is 45.6 Å². The van der Waals surface area contributed by atoms with Crippen molar-refractivity contribution in [1.82, 2.24) is 0 Å². The molecule has 1 aromatic carbocycles.